The van der Waals surface area contributed by atoms with E-state index >= 15 is 0 Å². The third-order valence-electron chi connectivity index (χ3n) is 2.65. The number of nitrogens with one attached hydrogen (secondary N) is 2. The Labute approximate surface area is 124 Å². The van der Waals surface area contributed by atoms with Gasteiger partial charge >= 0.3 is 0 Å². The fraction of sp³-hybridized carbons (Fsp3) is 0. The predicted molar refractivity (Wildman–Crippen MR) is 81.2 cm³/mol. The Morgan fingerprint density at radius 1 is 1.33 bits per heavy atom. The summed E-state index contributed by atoms with van der Waals surface area (Å²) in [4.78, 5) is 17.0. The molecule has 7 heteroatoms. The number of hydrogen-bond acceptors (Lipinski definition) is 5. The first-order valence-corrected chi connectivity index (χ1v) is 7.04. The highest BCUT2D eigenvalue weighted by Crippen LogP contribution is 2.22. The second-order valence-electron chi connectivity index (χ2n) is 4.10. The highest BCUT2D eigenvalue weighted by molar-refractivity contribution is 7.13. The normalized spacial score (nSPS) is 10.9. The number of carbonyl (C=O) groups is 1. The Morgan fingerprint density at radius 2 is 2.29 bits per heavy atom. The summed E-state index contributed by atoms with van der Waals surface area (Å²) in [5, 5.41) is 12.6. The summed E-state index contributed by atoms with van der Waals surface area (Å²) >= 11 is 1.58. The Balaban J connectivity index is 1.65. The molecule has 0 spiro atoms. The number of amides is 1. The molecule has 0 atom stereocenters. The van der Waals surface area contributed by atoms with Crippen LogP contribution in [0.2, 0.25) is 0 Å². The van der Waals surface area contributed by atoms with Crippen molar-refractivity contribution in [3.8, 4) is 10.6 Å². The molecular formula is C14H11N5OS. The average molecular weight is 297 g/mol. The molecule has 21 heavy (non-hydrogen) atoms. The minimum Gasteiger partial charge on any atom is -0.276 e. The van der Waals surface area contributed by atoms with E-state index in [1.165, 1.54) is 6.21 Å². The lowest BCUT2D eigenvalue weighted by Gasteiger charge is -1.94. The smallest absolute Gasteiger partial charge is 0.276 e. The topological polar surface area (TPSA) is 83.0 Å². The van der Waals surface area contributed by atoms with Gasteiger partial charge in [0.25, 0.3) is 5.91 Å². The van der Waals surface area contributed by atoms with Gasteiger partial charge < -0.3 is 0 Å². The molecule has 6 nitrogen and oxygen atoms in total. The van der Waals surface area contributed by atoms with Crippen molar-refractivity contribution in [1.82, 2.24) is 20.6 Å². The summed E-state index contributed by atoms with van der Waals surface area (Å²) in [6, 6.07) is 11.0. The average Bonchev–Trinajstić information content (AvgIpc) is 3.19. The van der Waals surface area contributed by atoms with Crippen molar-refractivity contribution in [3.05, 3.63) is 59.4 Å². The van der Waals surface area contributed by atoms with Gasteiger partial charge in [0.15, 0.2) is 5.69 Å². The quantitative estimate of drug-likeness (QED) is 0.572. The molecule has 3 heterocycles. The summed E-state index contributed by atoms with van der Waals surface area (Å²) in [6.45, 7) is 0. The Morgan fingerprint density at radius 3 is 3.05 bits per heavy atom. The van der Waals surface area contributed by atoms with Crippen LogP contribution in [0, 0.1) is 0 Å². The van der Waals surface area contributed by atoms with Crippen LogP contribution in [0.1, 0.15) is 16.2 Å². The molecule has 0 fully saturated rings. The molecule has 3 aromatic heterocycles. The number of carbonyl (C=O) groups excluding carboxylic acids is 1. The SMILES string of the molecule is O=C(N/N=C\c1ccccn1)c1cc(-c2cccs2)[nH]n1. The molecule has 3 rings (SSSR count). The van der Waals surface area contributed by atoms with Crippen LogP contribution in [0.15, 0.2) is 53.1 Å². The van der Waals surface area contributed by atoms with E-state index in [1.807, 2.05) is 29.6 Å². The molecule has 0 radical (unpaired) electrons. The van der Waals surface area contributed by atoms with Gasteiger partial charge in [0.05, 0.1) is 22.5 Å². The fourth-order valence-electron chi connectivity index (χ4n) is 1.66. The van der Waals surface area contributed by atoms with Crippen molar-refractivity contribution in [1.29, 1.82) is 0 Å². The van der Waals surface area contributed by atoms with Crippen molar-refractivity contribution < 1.29 is 4.79 Å². The summed E-state index contributed by atoms with van der Waals surface area (Å²) in [6.07, 6.45) is 3.13. The third kappa shape index (κ3) is 3.21. The minimum atomic E-state index is -0.374. The van der Waals surface area contributed by atoms with Gasteiger partial charge in [0.2, 0.25) is 0 Å². The number of aromatic nitrogens is 3. The maximum absolute atomic E-state index is 11.9. The molecule has 0 saturated carbocycles. The molecule has 2 N–H and O–H groups in total. The number of aromatic amines is 1. The number of pyridine rings is 1. The van der Waals surface area contributed by atoms with E-state index in [0.29, 0.717) is 5.69 Å². The molecule has 3 aromatic rings. The van der Waals surface area contributed by atoms with Crippen LogP contribution >= 0.6 is 11.3 Å². The van der Waals surface area contributed by atoms with Crippen molar-refractivity contribution in [2.75, 3.05) is 0 Å². The molecule has 0 unspecified atom stereocenters. The standard InChI is InChI=1S/C14H11N5OS/c20-14(19-16-9-10-4-1-2-6-15-10)12-8-11(17-18-12)13-5-3-7-21-13/h1-9H,(H,17,18)(H,19,20)/b16-9-. The summed E-state index contributed by atoms with van der Waals surface area (Å²) in [7, 11) is 0. The number of hydrogen-bond donors (Lipinski definition) is 2. The van der Waals surface area contributed by atoms with Gasteiger partial charge in [-0.25, -0.2) is 5.43 Å². The number of rotatable bonds is 4. The Kier molecular flexibility index (Phi) is 3.83. The number of hydrazone groups is 1. The van der Waals surface area contributed by atoms with E-state index in [1.54, 1.807) is 29.7 Å². The first kappa shape index (κ1) is 13.2. The van der Waals surface area contributed by atoms with Crippen molar-refractivity contribution >= 4 is 23.5 Å². The lowest BCUT2D eigenvalue weighted by Crippen LogP contribution is -2.18. The summed E-state index contributed by atoms with van der Waals surface area (Å²) in [5.41, 5.74) is 4.18. The van der Waals surface area contributed by atoms with Crippen molar-refractivity contribution in [3.63, 3.8) is 0 Å². The number of nitrogens with zero attached hydrogens (tertiary/aromatic N) is 3. The summed E-state index contributed by atoms with van der Waals surface area (Å²) < 4.78 is 0. The zero-order valence-corrected chi connectivity index (χ0v) is 11.7. The fourth-order valence-corrected chi connectivity index (χ4v) is 2.36. The van der Waals surface area contributed by atoms with Crippen molar-refractivity contribution in [2.24, 2.45) is 5.10 Å². The highest BCUT2D eigenvalue weighted by Gasteiger charge is 2.10. The maximum atomic E-state index is 11.9. The van der Waals surface area contributed by atoms with Gasteiger partial charge in [-0.1, -0.05) is 12.1 Å². The predicted octanol–water partition coefficient (Wildman–Crippen LogP) is 2.30. The zero-order valence-electron chi connectivity index (χ0n) is 10.9. The van der Waals surface area contributed by atoms with E-state index in [4.69, 9.17) is 0 Å². The van der Waals surface area contributed by atoms with Crippen molar-refractivity contribution in [2.45, 2.75) is 0 Å². The minimum absolute atomic E-state index is 0.288. The molecule has 0 aromatic carbocycles. The zero-order chi connectivity index (χ0) is 14.5. The van der Waals surface area contributed by atoms with Crippen LogP contribution in [0.5, 0.6) is 0 Å². The van der Waals surface area contributed by atoms with Crippen LogP contribution in [0.25, 0.3) is 10.6 Å². The molecule has 104 valence electrons. The van der Waals surface area contributed by atoms with Crippen LogP contribution < -0.4 is 5.43 Å². The number of thiophene rings is 1. The van der Waals surface area contributed by atoms with E-state index in [0.717, 1.165) is 10.6 Å². The Bertz CT molecular complexity index is 749. The molecule has 0 bridgehead atoms. The summed E-state index contributed by atoms with van der Waals surface area (Å²) in [5.74, 6) is -0.374. The lowest BCUT2D eigenvalue weighted by atomic mass is 10.3. The molecule has 0 aliphatic heterocycles. The lowest BCUT2D eigenvalue weighted by molar-refractivity contribution is 0.0950. The van der Waals surface area contributed by atoms with Gasteiger partial charge in [-0.15, -0.1) is 11.3 Å². The first-order valence-electron chi connectivity index (χ1n) is 6.16. The monoisotopic (exact) mass is 297 g/mol. The van der Waals surface area contributed by atoms with Crippen LogP contribution in [-0.2, 0) is 0 Å². The molecule has 1 amide bonds. The van der Waals surface area contributed by atoms with Gasteiger partial charge in [-0.3, -0.25) is 14.9 Å². The van der Waals surface area contributed by atoms with Crippen LogP contribution in [-0.4, -0.2) is 27.3 Å². The van der Waals surface area contributed by atoms with E-state index < -0.39 is 0 Å². The number of H-pyrrole nitrogens is 1. The first-order chi connectivity index (χ1) is 10.3. The van der Waals surface area contributed by atoms with Gasteiger partial charge in [-0.2, -0.15) is 10.2 Å². The van der Waals surface area contributed by atoms with E-state index in [9.17, 15) is 4.79 Å². The van der Waals surface area contributed by atoms with Gasteiger partial charge in [-0.05, 0) is 29.6 Å². The largest absolute Gasteiger partial charge is 0.291 e. The Hall–Kier alpha value is -2.80. The van der Waals surface area contributed by atoms with Crippen LogP contribution in [0.3, 0.4) is 0 Å². The highest BCUT2D eigenvalue weighted by atomic mass is 32.1. The molecule has 0 aliphatic rings. The molecule has 0 saturated heterocycles. The second-order valence-corrected chi connectivity index (χ2v) is 5.05. The third-order valence-corrected chi connectivity index (χ3v) is 3.55. The van der Waals surface area contributed by atoms with E-state index in [-0.39, 0.29) is 11.6 Å². The van der Waals surface area contributed by atoms with Crippen LogP contribution in [0.4, 0.5) is 0 Å². The molecule has 0 aliphatic carbocycles. The van der Waals surface area contributed by atoms with Gasteiger partial charge in [0, 0.05) is 6.20 Å². The van der Waals surface area contributed by atoms with E-state index in [2.05, 4.69) is 25.7 Å². The van der Waals surface area contributed by atoms with Gasteiger partial charge in [0.1, 0.15) is 0 Å². The maximum Gasteiger partial charge on any atom is 0.291 e. The second kappa shape index (κ2) is 6.10. The molecular weight excluding hydrogens is 286 g/mol.